The molecule has 3 aromatic rings. The van der Waals surface area contributed by atoms with E-state index in [1.807, 2.05) is 54.6 Å². The molecule has 0 amide bonds. The van der Waals surface area contributed by atoms with Crippen molar-refractivity contribution in [3.8, 4) is 17.2 Å². The summed E-state index contributed by atoms with van der Waals surface area (Å²) in [6.45, 7) is 6.84. The number of benzene rings is 3. The van der Waals surface area contributed by atoms with E-state index in [0.717, 1.165) is 43.6 Å². The van der Waals surface area contributed by atoms with E-state index in [2.05, 4.69) is 25.6 Å². The zero-order valence-corrected chi connectivity index (χ0v) is 17.5. The number of ether oxygens (including phenoxy) is 2. The molecule has 0 radical (unpaired) electrons. The Morgan fingerprint density at radius 1 is 0.967 bits per heavy atom. The highest BCUT2D eigenvalue weighted by Crippen LogP contribution is 2.28. The van der Waals surface area contributed by atoms with E-state index in [0.29, 0.717) is 5.75 Å². The summed E-state index contributed by atoms with van der Waals surface area (Å²) in [7, 11) is 0. The normalized spacial score (nSPS) is 11.7. The van der Waals surface area contributed by atoms with Crippen LogP contribution in [0.1, 0.15) is 43.2 Å². The lowest BCUT2D eigenvalue weighted by Gasteiger charge is -2.14. The smallest absolute Gasteiger partial charge is 0.165 e. The molecule has 3 heteroatoms. The lowest BCUT2D eigenvalue weighted by atomic mass is 9.92. The average Bonchev–Trinajstić information content (AvgIpc) is 2.78. The number of halogens is 1. The topological polar surface area (TPSA) is 18.5 Å². The van der Waals surface area contributed by atoms with Crippen LogP contribution < -0.4 is 9.47 Å². The molecule has 0 saturated heterocycles. The minimum absolute atomic E-state index is 0.265. The van der Waals surface area contributed by atoms with Gasteiger partial charge in [0.2, 0.25) is 0 Å². The fraction of sp³-hybridized carbons (Fsp3) is 0.259. The van der Waals surface area contributed by atoms with E-state index in [1.54, 1.807) is 6.07 Å². The van der Waals surface area contributed by atoms with E-state index < -0.39 is 0 Å². The Morgan fingerprint density at radius 3 is 2.43 bits per heavy atom. The van der Waals surface area contributed by atoms with Gasteiger partial charge < -0.3 is 9.47 Å². The van der Waals surface area contributed by atoms with Gasteiger partial charge in [0, 0.05) is 5.92 Å². The van der Waals surface area contributed by atoms with E-state index >= 15 is 0 Å². The molecule has 3 rings (SSSR count). The van der Waals surface area contributed by atoms with Gasteiger partial charge >= 0.3 is 0 Å². The van der Waals surface area contributed by atoms with Crippen LogP contribution in [0.25, 0.3) is 0 Å². The molecular weight excluding hydrogens is 375 g/mol. The van der Waals surface area contributed by atoms with Crippen molar-refractivity contribution in [1.29, 1.82) is 0 Å². The Balaban J connectivity index is 1.57. The van der Waals surface area contributed by atoms with Crippen LogP contribution >= 0.6 is 0 Å². The number of allylic oxidation sites excluding steroid dienone is 1. The third-order valence-corrected chi connectivity index (χ3v) is 5.01. The minimum Gasteiger partial charge on any atom is -0.494 e. The monoisotopic (exact) mass is 404 g/mol. The molecule has 0 bridgehead atoms. The molecule has 0 spiro atoms. The molecule has 0 aromatic heterocycles. The van der Waals surface area contributed by atoms with E-state index in [-0.39, 0.29) is 17.5 Å². The van der Waals surface area contributed by atoms with Gasteiger partial charge in [-0.05, 0) is 73.2 Å². The molecule has 30 heavy (non-hydrogen) atoms. The van der Waals surface area contributed by atoms with Gasteiger partial charge in [0.25, 0.3) is 0 Å². The van der Waals surface area contributed by atoms with Crippen molar-refractivity contribution in [2.24, 2.45) is 0 Å². The standard InChI is InChI=1S/C27H29FO2/c1-3-19-29-24-16-14-23(15-17-24)22(4-2)10-8-9-21-13-18-26(28)27(20-21)30-25-11-6-5-7-12-25/h4-7,11-18,20,22H,2-3,8-10,19H2,1H3. The number of hydrogen-bond donors (Lipinski definition) is 0. The summed E-state index contributed by atoms with van der Waals surface area (Å²) >= 11 is 0. The van der Waals surface area contributed by atoms with Crippen molar-refractivity contribution in [3.05, 3.63) is 102 Å². The molecule has 0 heterocycles. The molecule has 1 atom stereocenters. The quantitative estimate of drug-likeness (QED) is 0.305. The fourth-order valence-corrected chi connectivity index (χ4v) is 3.37. The second kappa shape index (κ2) is 11.2. The fourth-order valence-electron chi connectivity index (χ4n) is 3.37. The summed E-state index contributed by atoms with van der Waals surface area (Å²) in [5, 5.41) is 0. The summed E-state index contributed by atoms with van der Waals surface area (Å²) in [4.78, 5) is 0. The molecule has 0 aliphatic rings. The molecule has 0 aliphatic heterocycles. The molecular formula is C27H29FO2. The molecule has 1 unspecified atom stereocenters. The highest BCUT2D eigenvalue weighted by atomic mass is 19.1. The molecule has 0 fully saturated rings. The third-order valence-electron chi connectivity index (χ3n) is 5.01. The first kappa shape index (κ1) is 21.6. The largest absolute Gasteiger partial charge is 0.494 e. The maximum atomic E-state index is 14.1. The summed E-state index contributed by atoms with van der Waals surface area (Å²) in [5.41, 5.74) is 2.30. The van der Waals surface area contributed by atoms with Crippen LogP contribution in [0.15, 0.2) is 85.5 Å². The van der Waals surface area contributed by atoms with Gasteiger partial charge in [0.05, 0.1) is 6.61 Å². The van der Waals surface area contributed by atoms with Crippen molar-refractivity contribution in [2.45, 2.75) is 38.5 Å². The number of aryl methyl sites for hydroxylation is 1. The number of hydrogen-bond acceptors (Lipinski definition) is 2. The van der Waals surface area contributed by atoms with Crippen molar-refractivity contribution in [2.75, 3.05) is 6.61 Å². The highest BCUT2D eigenvalue weighted by molar-refractivity contribution is 5.35. The summed E-state index contributed by atoms with van der Waals surface area (Å²) in [6, 6.07) is 22.7. The lowest BCUT2D eigenvalue weighted by Crippen LogP contribution is -1.99. The number of para-hydroxylation sites is 1. The maximum Gasteiger partial charge on any atom is 0.165 e. The summed E-state index contributed by atoms with van der Waals surface area (Å²) in [6.07, 6.45) is 5.80. The Bertz CT molecular complexity index is 919. The van der Waals surface area contributed by atoms with Gasteiger partial charge in [-0.25, -0.2) is 4.39 Å². The Morgan fingerprint density at radius 2 is 1.73 bits per heavy atom. The highest BCUT2D eigenvalue weighted by Gasteiger charge is 2.10. The van der Waals surface area contributed by atoms with E-state index in [1.165, 1.54) is 11.6 Å². The maximum absolute atomic E-state index is 14.1. The van der Waals surface area contributed by atoms with Gasteiger partial charge in [-0.1, -0.05) is 49.4 Å². The SMILES string of the molecule is C=CC(CCCc1ccc(F)c(Oc2ccccc2)c1)c1ccc(OCCC)cc1. The molecule has 0 N–H and O–H groups in total. The zero-order chi connectivity index (χ0) is 21.2. The van der Waals surface area contributed by atoms with Gasteiger partial charge in [-0.15, -0.1) is 6.58 Å². The molecule has 156 valence electrons. The molecule has 3 aromatic carbocycles. The number of rotatable bonds is 11. The molecule has 2 nitrogen and oxygen atoms in total. The van der Waals surface area contributed by atoms with Gasteiger partial charge in [0.15, 0.2) is 11.6 Å². The van der Waals surface area contributed by atoms with Crippen molar-refractivity contribution in [3.63, 3.8) is 0 Å². The van der Waals surface area contributed by atoms with Crippen LogP contribution in [0.3, 0.4) is 0 Å². The van der Waals surface area contributed by atoms with Gasteiger partial charge in [-0.3, -0.25) is 0 Å². The summed E-state index contributed by atoms with van der Waals surface area (Å²) in [5.74, 6) is 1.73. The van der Waals surface area contributed by atoms with Crippen LogP contribution in [-0.2, 0) is 6.42 Å². The van der Waals surface area contributed by atoms with Crippen LogP contribution in [0.2, 0.25) is 0 Å². The van der Waals surface area contributed by atoms with Crippen LogP contribution in [0.5, 0.6) is 17.2 Å². The van der Waals surface area contributed by atoms with E-state index in [4.69, 9.17) is 9.47 Å². The zero-order valence-electron chi connectivity index (χ0n) is 17.5. The van der Waals surface area contributed by atoms with Crippen LogP contribution in [0, 0.1) is 5.82 Å². The van der Waals surface area contributed by atoms with Crippen LogP contribution in [-0.4, -0.2) is 6.61 Å². The molecule has 0 aliphatic carbocycles. The Kier molecular flexibility index (Phi) is 8.08. The first-order valence-electron chi connectivity index (χ1n) is 10.6. The van der Waals surface area contributed by atoms with Gasteiger partial charge in [0.1, 0.15) is 11.5 Å². The van der Waals surface area contributed by atoms with E-state index in [9.17, 15) is 4.39 Å². The van der Waals surface area contributed by atoms with Gasteiger partial charge in [-0.2, -0.15) is 0 Å². The third kappa shape index (κ3) is 6.21. The van der Waals surface area contributed by atoms with Crippen molar-refractivity contribution >= 4 is 0 Å². The predicted molar refractivity (Wildman–Crippen MR) is 121 cm³/mol. The first-order valence-corrected chi connectivity index (χ1v) is 10.6. The summed E-state index contributed by atoms with van der Waals surface area (Å²) < 4.78 is 25.5. The first-order chi connectivity index (χ1) is 14.7. The minimum atomic E-state index is -0.350. The second-order valence-electron chi connectivity index (χ2n) is 7.33. The average molecular weight is 405 g/mol. The Hall–Kier alpha value is -3.07. The van der Waals surface area contributed by atoms with Crippen LogP contribution in [0.4, 0.5) is 4.39 Å². The van der Waals surface area contributed by atoms with Crippen molar-refractivity contribution < 1.29 is 13.9 Å². The molecule has 0 saturated carbocycles. The Labute approximate surface area is 179 Å². The lowest BCUT2D eigenvalue weighted by molar-refractivity contribution is 0.317. The second-order valence-corrected chi connectivity index (χ2v) is 7.33. The van der Waals surface area contributed by atoms with Crippen molar-refractivity contribution in [1.82, 2.24) is 0 Å². The predicted octanol–water partition coefficient (Wildman–Crippen LogP) is 7.70.